The van der Waals surface area contributed by atoms with Gasteiger partial charge in [-0.15, -0.1) is 5.10 Å². The van der Waals surface area contributed by atoms with E-state index >= 15 is 0 Å². The number of piperidine rings is 1. The smallest absolute Gasteiger partial charge is 0.317 e. The molecule has 3 atom stereocenters. The van der Waals surface area contributed by atoms with Gasteiger partial charge in [0, 0.05) is 32.1 Å². The van der Waals surface area contributed by atoms with Crippen molar-refractivity contribution in [1.82, 2.24) is 30.4 Å². The highest BCUT2D eigenvalue weighted by Gasteiger charge is 2.42. The van der Waals surface area contributed by atoms with Crippen LogP contribution in [0.25, 0.3) is 0 Å². The van der Waals surface area contributed by atoms with Crippen LogP contribution in [0.1, 0.15) is 25.1 Å². The maximum atomic E-state index is 12.6. The predicted molar refractivity (Wildman–Crippen MR) is 84.9 cm³/mol. The van der Waals surface area contributed by atoms with Crippen molar-refractivity contribution in [2.75, 3.05) is 24.6 Å². The fraction of sp³-hybridized carbons (Fsp3) is 0.857. The first-order valence-electron chi connectivity index (χ1n) is 8.51. The molecule has 0 saturated carbocycles. The maximum absolute atomic E-state index is 12.6. The molecule has 1 N–H and O–H groups in total. The van der Waals surface area contributed by atoms with Gasteiger partial charge in [-0.2, -0.15) is 0 Å². The Labute approximate surface area is 140 Å². The summed E-state index contributed by atoms with van der Waals surface area (Å²) in [6.07, 6.45) is 3.16. The standard InChI is InChI=1S/C14H22N6O3S/c21-14(15-12-1-2-13-16-17-18-20(13)6-4-12)19-5-3-10-8-24(22,23)9-11(10)7-19/h10-12H,1-9H2,(H,15,21). The first kappa shape index (κ1) is 15.8. The Balaban J connectivity index is 1.33. The van der Waals surface area contributed by atoms with E-state index in [1.165, 1.54) is 0 Å². The molecule has 4 heterocycles. The van der Waals surface area contributed by atoms with Gasteiger partial charge in [0.2, 0.25) is 0 Å². The van der Waals surface area contributed by atoms with Gasteiger partial charge in [0.15, 0.2) is 15.7 Å². The van der Waals surface area contributed by atoms with Crippen LogP contribution in [-0.2, 0) is 22.8 Å². The molecule has 0 aliphatic carbocycles. The molecule has 1 aromatic rings. The number of rotatable bonds is 1. The zero-order valence-electron chi connectivity index (χ0n) is 13.5. The summed E-state index contributed by atoms with van der Waals surface area (Å²) >= 11 is 0. The number of hydrogen-bond donors (Lipinski definition) is 1. The fourth-order valence-electron chi connectivity index (χ4n) is 4.11. The van der Waals surface area contributed by atoms with Crippen molar-refractivity contribution in [2.45, 2.75) is 38.3 Å². The molecule has 2 fully saturated rings. The lowest BCUT2D eigenvalue weighted by Gasteiger charge is -2.35. The second-order valence-corrected chi connectivity index (χ2v) is 9.28. The van der Waals surface area contributed by atoms with Gasteiger partial charge in [-0.3, -0.25) is 0 Å². The van der Waals surface area contributed by atoms with Crippen molar-refractivity contribution in [3.05, 3.63) is 5.82 Å². The summed E-state index contributed by atoms with van der Waals surface area (Å²) in [4.78, 5) is 14.3. The van der Waals surface area contributed by atoms with Crippen molar-refractivity contribution >= 4 is 15.9 Å². The van der Waals surface area contributed by atoms with Crippen LogP contribution >= 0.6 is 0 Å². The van der Waals surface area contributed by atoms with Crippen molar-refractivity contribution in [3.8, 4) is 0 Å². The van der Waals surface area contributed by atoms with Gasteiger partial charge in [0.05, 0.1) is 11.5 Å². The molecule has 0 bridgehead atoms. The monoisotopic (exact) mass is 354 g/mol. The van der Waals surface area contributed by atoms with E-state index in [1.54, 1.807) is 9.58 Å². The molecule has 3 unspecified atom stereocenters. The van der Waals surface area contributed by atoms with Crippen LogP contribution in [0.2, 0.25) is 0 Å². The predicted octanol–water partition coefficient (Wildman–Crippen LogP) is -0.546. The number of carbonyl (C=O) groups is 1. The number of aromatic nitrogens is 4. The Morgan fingerprint density at radius 3 is 2.83 bits per heavy atom. The number of amides is 2. The second-order valence-electron chi connectivity index (χ2n) is 7.12. The summed E-state index contributed by atoms with van der Waals surface area (Å²) in [5.74, 6) is 1.72. The largest absolute Gasteiger partial charge is 0.335 e. The highest BCUT2D eigenvalue weighted by atomic mass is 32.2. The normalized spacial score (nSPS) is 31.8. The second kappa shape index (κ2) is 5.98. The molecule has 4 rings (SSSR count). The number of likely N-dealkylation sites (tertiary alicyclic amines) is 1. The minimum atomic E-state index is -2.92. The van der Waals surface area contributed by atoms with E-state index < -0.39 is 9.84 Å². The lowest BCUT2D eigenvalue weighted by molar-refractivity contribution is 0.147. The molecule has 3 aliphatic rings. The highest BCUT2D eigenvalue weighted by Crippen LogP contribution is 2.32. The van der Waals surface area contributed by atoms with Crippen molar-refractivity contribution < 1.29 is 13.2 Å². The quantitative estimate of drug-likeness (QED) is 0.725. The fourth-order valence-corrected chi connectivity index (χ4v) is 6.36. The van der Waals surface area contributed by atoms with Crippen LogP contribution in [0.15, 0.2) is 0 Å². The number of carbonyl (C=O) groups excluding carboxylic acids is 1. The summed E-state index contributed by atoms with van der Waals surface area (Å²) in [5.41, 5.74) is 0. The van der Waals surface area contributed by atoms with E-state index in [9.17, 15) is 13.2 Å². The molecule has 2 saturated heterocycles. The molecule has 132 valence electrons. The van der Waals surface area contributed by atoms with Crippen LogP contribution in [-0.4, -0.2) is 70.2 Å². The van der Waals surface area contributed by atoms with Gasteiger partial charge >= 0.3 is 6.03 Å². The zero-order chi connectivity index (χ0) is 16.7. The topological polar surface area (TPSA) is 110 Å². The summed E-state index contributed by atoms with van der Waals surface area (Å²) in [7, 11) is -2.92. The van der Waals surface area contributed by atoms with Crippen LogP contribution in [0, 0.1) is 11.8 Å². The van der Waals surface area contributed by atoms with Gasteiger partial charge in [0.25, 0.3) is 0 Å². The Hall–Kier alpha value is -1.71. The van der Waals surface area contributed by atoms with Crippen molar-refractivity contribution in [1.29, 1.82) is 0 Å². The highest BCUT2D eigenvalue weighted by molar-refractivity contribution is 7.91. The zero-order valence-corrected chi connectivity index (χ0v) is 14.3. The van der Waals surface area contributed by atoms with E-state index in [0.29, 0.717) is 25.4 Å². The molecule has 24 heavy (non-hydrogen) atoms. The van der Waals surface area contributed by atoms with E-state index in [0.717, 1.165) is 31.5 Å². The van der Waals surface area contributed by atoms with Gasteiger partial charge in [-0.25, -0.2) is 17.9 Å². The molecule has 2 amide bonds. The third-order valence-electron chi connectivity index (χ3n) is 5.45. The summed E-state index contributed by atoms with van der Waals surface area (Å²) < 4.78 is 25.3. The number of sulfone groups is 1. The SMILES string of the molecule is O=C(NC1CCc2nnnn2CC1)N1CCC2CS(=O)(=O)CC2C1. The van der Waals surface area contributed by atoms with Crippen LogP contribution in [0.5, 0.6) is 0 Å². The molecular formula is C14H22N6O3S. The average Bonchev–Trinajstić information content (AvgIpc) is 3.05. The van der Waals surface area contributed by atoms with E-state index in [2.05, 4.69) is 20.8 Å². The van der Waals surface area contributed by atoms with Crippen LogP contribution in [0.3, 0.4) is 0 Å². The van der Waals surface area contributed by atoms with Gasteiger partial charge in [-0.05, 0) is 41.5 Å². The van der Waals surface area contributed by atoms with Gasteiger partial charge < -0.3 is 10.2 Å². The van der Waals surface area contributed by atoms with Crippen LogP contribution in [0.4, 0.5) is 4.79 Å². The molecule has 0 spiro atoms. The minimum absolute atomic E-state index is 0.0756. The molecule has 0 radical (unpaired) electrons. The van der Waals surface area contributed by atoms with E-state index in [1.807, 2.05) is 0 Å². The average molecular weight is 354 g/mol. The van der Waals surface area contributed by atoms with Crippen molar-refractivity contribution in [2.24, 2.45) is 11.8 Å². The van der Waals surface area contributed by atoms with E-state index in [4.69, 9.17) is 0 Å². The number of tetrazole rings is 1. The maximum Gasteiger partial charge on any atom is 0.317 e. The Morgan fingerprint density at radius 1 is 1.12 bits per heavy atom. The number of urea groups is 1. The minimum Gasteiger partial charge on any atom is -0.335 e. The first-order chi connectivity index (χ1) is 11.5. The molecule has 3 aliphatic heterocycles. The number of fused-ring (bicyclic) bond motifs is 2. The number of hydrogen-bond acceptors (Lipinski definition) is 6. The lowest BCUT2D eigenvalue weighted by Crippen LogP contribution is -2.50. The van der Waals surface area contributed by atoms with Crippen LogP contribution < -0.4 is 5.32 Å². The van der Waals surface area contributed by atoms with Gasteiger partial charge in [-0.1, -0.05) is 0 Å². The summed E-state index contributed by atoms with van der Waals surface area (Å²) in [5, 5.41) is 14.7. The lowest BCUT2D eigenvalue weighted by atomic mass is 9.89. The number of nitrogens with zero attached hydrogens (tertiary/aromatic N) is 5. The molecule has 9 nitrogen and oxygen atoms in total. The molecule has 1 aromatic heterocycles. The Morgan fingerprint density at radius 2 is 1.96 bits per heavy atom. The first-order valence-corrected chi connectivity index (χ1v) is 10.3. The van der Waals surface area contributed by atoms with Crippen molar-refractivity contribution in [3.63, 3.8) is 0 Å². The number of nitrogens with one attached hydrogen (secondary N) is 1. The Kier molecular flexibility index (Phi) is 3.93. The number of aryl methyl sites for hydroxylation is 2. The molecule has 10 heteroatoms. The van der Waals surface area contributed by atoms with Gasteiger partial charge in [0.1, 0.15) is 0 Å². The summed E-state index contributed by atoms with van der Waals surface area (Å²) in [6, 6.07) is 0.0133. The molecule has 0 aromatic carbocycles. The summed E-state index contributed by atoms with van der Waals surface area (Å²) in [6.45, 7) is 1.90. The third kappa shape index (κ3) is 3.11. The molecular weight excluding hydrogens is 332 g/mol. The Bertz CT molecular complexity index is 710. The van der Waals surface area contributed by atoms with E-state index in [-0.39, 0.29) is 29.7 Å². The third-order valence-corrected chi connectivity index (χ3v) is 7.33.